The van der Waals surface area contributed by atoms with E-state index in [1.54, 1.807) is 42.7 Å². The van der Waals surface area contributed by atoms with Gasteiger partial charge in [0.25, 0.3) is 5.91 Å². The van der Waals surface area contributed by atoms with Crippen molar-refractivity contribution in [2.24, 2.45) is 0 Å². The van der Waals surface area contributed by atoms with Crippen LogP contribution in [0.3, 0.4) is 0 Å². The summed E-state index contributed by atoms with van der Waals surface area (Å²) >= 11 is 0. The van der Waals surface area contributed by atoms with Gasteiger partial charge in [-0.3, -0.25) is 10.1 Å². The molecule has 5 heteroatoms. The molecule has 0 aliphatic heterocycles. The average molecular weight is 257 g/mol. The van der Waals surface area contributed by atoms with Crippen molar-refractivity contribution in [1.82, 2.24) is 9.97 Å². The summed E-state index contributed by atoms with van der Waals surface area (Å²) in [6.45, 7) is 2.71. The number of anilines is 1. The summed E-state index contributed by atoms with van der Waals surface area (Å²) in [5, 5.41) is 2.62. The molecule has 0 aliphatic rings. The fourth-order valence-electron chi connectivity index (χ4n) is 1.46. The van der Waals surface area contributed by atoms with Crippen LogP contribution in [-0.2, 0) is 0 Å². The zero-order valence-corrected chi connectivity index (χ0v) is 10.7. The largest absolute Gasteiger partial charge is 0.494 e. The monoisotopic (exact) mass is 257 g/mol. The lowest BCUT2D eigenvalue weighted by Gasteiger charge is -2.06. The number of benzene rings is 1. The van der Waals surface area contributed by atoms with Gasteiger partial charge < -0.3 is 4.74 Å². The minimum absolute atomic E-state index is 0.242. The molecule has 1 aromatic heterocycles. The maximum atomic E-state index is 11.9. The van der Waals surface area contributed by atoms with Crippen molar-refractivity contribution < 1.29 is 9.53 Å². The third kappa shape index (κ3) is 3.77. The third-order valence-electron chi connectivity index (χ3n) is 2.38. The Morgan fingerprint density at radius 3 is 2.53 bits per heavy atom. The number of nitrogens with one attached hydrogen (secondary N) is 1. The summed E-state index contributed by atoms with van der Waals surface area (Å²) < 4.78 is 5.45. The van der Waals surface area contributed by atoms with Gasteiger partial charge in [0.15, 0.2) is 0 Å². The Bertz CT molecular complexity index is 526. The highest BCUT2D eigenvalue weighted by Crippen LogP contribution is 2.13. The summed E-state index contributed by atoms with van der Waals surface area (Å²) in [7, 11) is 0. The number of carbonyl (C=O) groups excluding carboxylic acids is 1. The van der Waals surface area contributed by atoms with Crippen LogP contribution in [0.4, 0.5) is 5.95 Å². The number of aromatic nitrogens is 2. The highest BCUT2D eigenvalue weighted by molar-refractivity contribution is 6.03. The minimum Gasteiger partial charge on any atom is -0.494 e. The highest BCUT2D eigenvalue weighted by Gasteiger charge is 2.07. The SMILES string of the molecule is CCCOc1ccc(C(=O)Nc2ncccn2)cc1. The molecular weight excluding hydrogens is 242 g/mol. The zero-order valence-electron chi connectivity index (χ0n) is 10.7. The normalized spacial score (nSPS) is 9.95. The second kappa shape index (κ2) is 6.49. The minimum atomic E-state index is -0.242. The Hall–Kier alpha value is -2.43. The van der Waals surface area contributed by atoms with Crippen molar-refractivity contribution in [3.05, 3.63) is 48.3 Å². The first kappa shape index (κ1) is 13.0. The molecule has 19 heavy (non-hydrogen) atoms. The molecule has 0 fully saturated rings. The number of carbonyl (C=O) groups is 1. The van der Waals surface area contributed by atoms with E-state index in [1.807, 2.05) is 6.92 Å². The lowest BCUT2D eigenvalue weighted by molar-refractivity contribution is 0.102. The summed E-state index contributed by atoms with van der Waals surface area (Å²) in [6.07, 6.45) is 4.10. The number of rotatable bonds is 5. The molecule has 1 aromatic carbocycles. The van der Waals surface area contributed by atoms with Crippen molar-refractivity contribution in [2.45, 2.75) is 13.3 Å². The highest BCUT2D eigenvalue weighted by atomic mass is 16.5. The molecule has 0 aliphatic carbocycles. The first-order valence-corrected chi connectivity index (χ1v) is 6.11. The standard InChI is InChI=1S/C14H15N3O2/c1-2-10-19-12-6-4-11(5-7-12)13(18)17-14-15-8-3-9-16-14/h3-9H,2,10H2,1H3,(H,15,16,17,18). The van der Waals surface area contributed by atoms with Gasteiger partial charge in [0.2, 0.25) is 5.95 Å². The van der Waals surface area contributed by atoms with Crippen molar-refractivity contribution in [3.8, 4) is 5.75 Å². The molecular formula is C14H15N3O2. The van der Waals surface area contributed by atoms with E-state index in [9.17, 15) is 4.79 Å². The topological polar surface area (TPSA) is 64.1 Å². The van der Waals surface area contributed by atoms with E-state index in [4.69, 9.17) is 4.74 Å². The second-order valence-electron chi connectivity index (χ2n) is 3.90. The van der Waals surface area contributed by atoms with E-state index in [0.29, 0.717) is 18.1 Å². The second-order valence-corrected chi connectivity index (χ2v) is 3.90. The Morgan fingerprint density at radius 2 is 1.89 bits per heavy atom. The van der Waals surface area contributed by atoms with Gasteiger partial charge in [-0.1, -0.05) is 6.92 Å². The average Bonchev–Trinajstić information content (AvgIpc) is 2.46. The molecule has 2 rings (SSSR count). The molecule has 0 bridgehead atoms. The van der Waals surface area contributed by atoms with Gasteiger partial charge in [-0.15, -0.1) is 0 Å². The van der Waals surface area contributed by atoms with Gasteiger partial charge in [0.05, 0.1) is 6.61 Å². The molecule has 98 valence electrons. The molecule has 0 atom stereocenters. The first-order chi connectivity index (χ1) is 9.29. The molecule has 2 aromatic rings. The van der Waals surface area contributed by atoms with Gasteiger partial charge in [-0.2, -0.15) is 0 Å². The van der Waals surface area contributed by atoms with Crippen LogP contribution in [-0.4, -0.2) is 22.5 Å². The predicted octanol–water partition coefficient (Wildman–Crippen LogP) is 2.52. The first-order valence-electron chi connectivity index (χ1n) is 6.11. The van der Waals surface area contributed by atoms with Crippen LogP contribution in [0.5, 0.6) is 5.75 Å². The molecule has 1 heterocycles. The summed E-state index contributed by atoms with van der Waals surface area (Å²) in [5.74, 6) is 0.807. The van der Waals surface area contributed by atoms with Crippen LogP contribution in [0.15, 0.2) is 42.7 Å². The maximum absolute atomic E-state index is 11.9. The van der Waals surface area contributed by atoms with Gasteiger partial charge in [-0.25, -0.2) is 9.97 Å². The van der Waals surface area contributed by atoms with Crippen LogP contribution in [0.2, 0.25) is 0 Å². The molecule has 1 N–H and O–H groups in total. The van der Waals surface area contributed by atoms with Crippen molar-refractivity contribution >= 4 is 11.9 Å². The van der Waals surface area contributed by atoms with E-state index >= 15 is 0 Å². The van der Waals surface area contributed by atoms with E-state index in [2.05, 4.69) is 15.3 Å². The van der Waals surface area contributed by atoms with E-state index < -0.39 is 0 Å². The van der Waals surface area contributed by atoms with Crippen LogP contribution < -0.4 is 10.1 Å². The summed E-state index contributed by atoms with van der Waals surface area (Å²) in [4.78, 5) is 19.8. The number of hydrogen-bond acceptors (Lipinski definition) is 4. The summed E-state index contributed by atoms with van der Waals surface area (Å²) in [5.41, 5.74) is 0.538. The van der Waals surface area contributed by atoms with Crippen LogP contribution in [0.25, 0.3) is 0 Å². The van der Waals surface area contributed by atoms with Crippen molar-refractivity contribution in [1.29, 1.82) is 0 Å². The lowest BCUT2D eigenvalue weighted by Crippen LogP contribution is -2.13. The number of amides is 1. The molecule has 0 saturated carbocycles. The Morgan fingerprint density at radius 1 is 1.21 bits per heavy atom. The van der Waals surface area contributed by atoms with Gasteiger partial charge in [-0.05, 0) is 36.8 Å². The predicted molar refractivity (Wildman–Crippen MR) is 72.2 cm³/mol. The fraction of sp³-hybridized carbons (Fsp3) is 0.214. The molecule has 0 saturated heterocycles. The Labute approximate surface area is 111 Å². The van der Waals surface area contributed by atoms with Crippen LogP contribution in [0, 0.1) is 0 Å². The number of hydrogen-bond donors (Lipinski definition) is 1. The third-order valence-corrected chi connectivity index (χ3v) is 2.38. The Kier molecular flexibility index (Phi) is 4.44. The van der Waals surface area contributed by atoms with E-state index in [1.165, 1.54) is 0 Å². The maximum Gasteiger partial charge on any atom is 0.258 e. The van der Waals surface area contributed by atoms with Crippen molar-refractivity contribution in [2.75, 3.05) is 11.9 Å². The molecule has 5 nitrogen and oxygen atoms in total. The molecule has 0 spiro atoms. The molecule has 0 unspecified atom stereocenters. The van der Waals surface area contributed by atoms with Gasteiger partial charge >= 0.3 is 0 Å². The zero-order chi connectivity index (χ0) is 13.5. The smallest absolute Gasteiger partial charge is 0.258 e. The number of ether oxygens (including phenoxy) is 1. The van der Waals surface area contributed by atoms with E-state index in [-0.39, 0.29) is 5.91 Å². The van der Waals surface area contributed by atoms with Crippen LogP contribution in [0.1, 0.15) is 23.7 Å². The van der Waals surface area contributed by atoms with Gasteiger partial charge in [0.1, 0.15) is 5.75 Å². The van der Waals surface area contributed by atoms with E-state index in [0.717, 1.165) is 12.2 Å². The van der Waals surface area contributed by atoms with Crippen LogP contribution >= 0.6 is 0 Å². The lowest BCUT2D eigenvalue weighted by atomic mass is 10.2. The molecule has 0 radical (unpaired) electrons. The quantitative estimate of drug-likeness (QED) is 0.893. The Balaban J connectivity index is 1.99. The number of nitrogens with zero attached hydrogens (tertiary/aromatic N) is 2. The molecule has 1 amide bonds. The summed E-state index contributed by atoms with van der Waals surface area (Å²) in [6, 6.07) is 8.66. The van der Waals surface area contributed by atoms with Gasteiger partial charge in [0, 0.05) is 18.0 Å². The van der Waals surface area contributed by atoms with Crippen molar-refractivity contribution in [3.63, 3.8) is 0 Å². The fourth-order valence-corrected chi connectivity index (χ4v) is 1.46.